The van der Waals surface area contributed by atoms with E-state index < -0.39 is 11.9 Å². The van der Waals surface area contributed by atoms with E-state index in [1.54, 1.807) is 11.9 Å². The number of benzene rings is 1. The Bertz CT molecular complexity index is 529. The third-order valence-corrected chi connectivity index (χ3v) is 3.97. The van der Waals surface area contributed by atoms with Gasteiger partial charge in [-0.1, -0.05) is 12.1 Å². The molecule has 1 aliphatic carbocycles. The lowest BCUT2D eigenvalue weighted by molar-refractivity contribution is -0.156. The maximum Gasteiger partial charge on any atom is 0.307 e. The minimum Gasteiger partial charge on any atom is -0.492 e. The van der Waals surface area contributed by atoms with Crippen molar-refractivity contribution in [2.75, 3.05) is 20.2 Å². The normalized spacial score (nSPS) is 20.5. The minimum atomic E-state index is -0.871. The molecule has 2 atom stereocenters. The van der Waals surface area contributed by atoms with Gasteiger partial charge in [-0.3, -0.25) is 9.59 Å². The first-order valence-electron chi connectivity index (χ1n) is 7.16. The lowest BCUT2D eigenvalue weighted by atomic mass is 9.73. The molecule has 1 N–H and O–H groups in total. The van der Waals surface area contributed by atoms with Crippen LogP contribution in [0.4, 0.5) is 0 Å². The van der Waals surface area contributed by atoms with Gasteiger partial charge in [-0.25, -0.2) is 0 Å². The van der Waals surface area contributed by atoms with Gasteiger partial charge in [-0.15, -0.1) is 0 Å². The van der Waals surface area contributed by atoms with Gasteiger partial charge in [0.2, 0.25) is 5.91 Å². The monoisotopic (exact) mass is 291 g/mol. The highest BCUT2D eigenvalue weighted by molar-refractivity contribution is 5.86. The van der Waals surface area contributed by atoms with Crippen LogP contribution in [0.25, 0.3) is 0 Å². The average Bonchev–Trinajstić information content (AvgIpc) is 2.36. The van der Waals surface area contributed by atoms with E-state index in [1.807, 2.05) is 31.2 Å². The summed E-state index contributed by atoms with van der Waals surface area (Å²) in [6, 6.07) is 7.73. The number of carboxylic acid groups (broad SMARTS) is 1. The number of likely N-dealkylation sites (N-methyl/N-ethyl adjacent to an activating group) is 1. The number of ether oxygens (including phenoxy) is 1. The predicted molar refractivity (Wildman–Crippen MR) is 78.2 cm³/mol. The Morgan fingerprint density at radius 1 is 1.33 bits per heavy atom. The van der Waals surface area contributed by atoms with E-state index in [0.29, 0.717) is 26.0 Å². The second-order valence-electron chi connectivity index (χ2n) is 5.55. The first kappa shape index (κ1) is 15.4. The zero-order valence-electron chi connectivity index (χ0n) is 12.4. The zero-order chi connectivity index (χ0) is 15.4. The Morgan fingerprint density at radius 2 is 2.05 bits per heavy atom. The van der Waals surface area contributed by atoms with Crippen LogP contribution in [0.3, 0.4) is 0 Å². The van der Waals surface area contributed by atoms with Crippen LogP contribution >= 0.6 is 0 Å². The first-order chi connectivity index (χ1) is 9.99. The molecule has 21 heavy (non-hydrogen) atoms. The van der Waals surface area contributed by atoms with E-state index >= 15 is 0 Å². The lowest BCUT2D eigenvalue weighted by Crippen LogP contribution is -2.45. The number of carboxylic acids is 1. The highest BCUT2D eigenvalue weighted by Crippen LogP contribution is 2.35. The van der Waals surface area contributed by atoms with Crippen molar-refractivity contribution >= 4 is 11.9 Å². The van der Waals surface area contributed by atoms with Crippen LogP contribution in [0.15, 0.2) is 24.3 Å². The molecule has 1 fully saturated rings. The molecule has 0 aromatic heterocycles. The molecule has 1 amide bonds. The summed E-state index contributed by atoms with van der Waals surface area (Å²) in [5.74, 6) is -1.07. The number of aliphatic carboxylic acids is 1. The van der Waals surface area contributed by atoms with Crippen molar-refractivity contribution in [2.45, 2.75) is 19.8 Å². The molecule has 0 aliphatic heterocycles. The van der Waals surface area contributed by atoms with E-state index in [-0.39, 0.29) is 11.8 Å². The molecule has 1 aromatic carbocycles. The smallest absolute Gasteiger partial charge is 0.307 e. The first-order valence-corrected chi connectivity index (χ1v) is 7.16. The molecule has 0 saturated heterocycles. The van der Waals surface area contributed by atoms with Gasteiger partial charge < -0.3 is 14.7 Å². The molecule has 5 heteroatoms. The maximum atomic E-state index is 12.1. The summed E-state index contributed by atoms with van der Waals surface area (Å²) in [7, 11) is 1.69. The number of carbonyl (C=O) groups is 2. The van der Waals surface area contributed by atoms with Crippen LogP contribution in [0.2, 0.25) is 0 Å². The van der Waals surface area contributed by atoms with Crippen LogP contribution in [-0.2, 0) is 9.59 Å². The van der Waals surface area contributed by atoms with Crippen molar-refractivity contribution in [2.24, 2.45) is 11.8 Å². The van der Waals surface area contributed by atoms with Gasteiger partial charge in [-0.2, -0.15) is 0 Å². The predicted octanol–water partition coefficient (Wildman–Crippen LogP) is 1.94. The summed E-state index contributed by atoms with van der Waals surface area (Å²) in [5, 5.41) is 8.99. The zero-order valence-corrected chi connectivity index (χ0v) is 12.4. The van der Waals surface area contributed by atoms with E-state index in [1.165, 1.54) is 0 Å². The van der Waals surface area contributed by atoms with Crippen LogP contribution in [-0.4, -0.2) is 42.1 Å². The molecule has 0 bridgehead atoms. The summed E-state index contributed by atoms with van der Waals surface area (Å²) in [4.78, 5) is 24.7. The van der Waals surface area contributed by atoms with Crippen molar-refractivity contribution < 1.29 is 19.4 Å². The Kier molecular flexibility index (Phi) is 4.83. The van der Waals surface area contributed by atoms with Gasteiger partial charge >= 0.3 is 5.97 Å². The van der Waals surface area contributed by atoms with Gasteiger partial charge in [0.05, 0.1) is 18.4 Å². The second-order valence-corrected chi connectivity index (χ2v) is 5.55. The van der Waals surface area contributed by atoms with E-state index in [0.717, 1.165) is 11.3 Å². The summed E-state index contributed by atoms with van der Waals surface area (Å²) in [6.07, 6.45) is 1.26. The van der Waals surface area contributed by atoms with Crippen molar-refractivity contribution in [3.63, 3.8) is 0 Å². The summed E-state index contributed by atoms with van der Waals surface area (Å²) in [5.41, 5.74) is 1.12. The SMILES string of the molecule is Cc1cccc(OCCN(C)C(=O)C2CCC2C(=O)O)c1. The molecule has 0 spiro atoms. The van der Waals surface area contributed by atoms with E-state index in [2.05, 4.69) is 0 Å². The van der Waals surface area contributed by atoms with Crippen LogP contribution in [0, 0.1) is 18.8 Å². The van der Waals surface area contributed by atoms with Gasteiger partial charge in [0.25, 0.3) is 0 Å². The second kappa shape index (κ2) is 6.61. The molecular formula is C16H21NO4. The Hall–Kier alpha value is -2.04. The number of carbonyl (C=O) groups excluding carboxylic acids is 1. The molecule has 114 valence electrons. The molecule has 1 aromatic rings. The fourth-order valence-electron chi connectivity index (χ4n) is 2.49. The average molecular weight is 291 g/mol. The van der Waals surface area contributed by atoms with Crippen molar-refractivity contribution in [3.8, 4) is 5.75 Å². The minimum absolute atomic E-state index is 0.0958. The quantitative estimate of drug-likeness (QED) is 0.870. The molecule has 5 nitrogen and oxygen atoms in total. The fraction of sp³-hybridized carbons (Fsp3) is 0.500. The molecule has 2 unspecified atom stereocenters. The maximum absolute atomic E-state index is 12.1. The third kappa shape index (κ3) is 3.74. The Morgan fingerprint density at radius 3 is 2.62 bits per heavy atom. The number of hydrogen-bond donors (Lipinski definition) is 1. The van der Waals surface area contributed by atoms with Crippen molar-refractivity contribution in [3.05, 3.63) is 29.8 Å². The van der Waals surface area contributed by atoms with Crippen LogP contribution in [0.1, 0.15) is 18.4 Å². The lowest BCUT2D eigenvalue weighted by Gasteiger charge is -2.34. The fourth-order valence-corrected chi connectivity index (χ4v) is 2.49. The molecule has 2 rings (SSSR count). The summed E-state index contributed by atoms with van der Waals surface area (Å²) < 4.78 is 5.60. The largest absolute Gasteiger partial charge is 0.492 e. The van der Waals surface area contributed by atoms with Gasteiger partial charge in [0, 0.05) is 7.05 Å². The van der Waals surface area contributed by atoms with Gasteiger partial charge in [-0.05, 0) is 37.5 Å². The van der Waals surface area contributed by atoms with Crippen LogP contribution in [0.5, 0.6) is 5.75 Å². The van der Waals surface area contributed by atoms with Crippen LogP contribution < -0.4 is 4.74 Å². The molecule has 0 radical (unpaired) electrons. The topological polar surface area (TPSA) is 66.8 Å². The number of nitrogens with zero attached hydrogens (tertiary/aromatic N) is 1. The van der Waals surface area contributed by atoms with Crippen molar-refractivity contribution in [1.29, 1.82) is 0 Å². The number of rotatable bonds is 6. The molecule has 0 heterocycles. The number of amides is 1. The molecular weight excluding hydrogens is 270 g/mol. The van der Waals surface area contributed by atoms with Gasteiger partial charge in [0.1, 0.15) is 12.4 Å². The molecule has 1 saturated carbocycles. The Labute approximate surface area is 124 Å². The standard InChI is InChI=1S/C16H21NO4/c1-11-4-3-5-12(10-11)21-9-8-17(2)15(18)13-6-7-14(13)16(19)20/h3-5,10,13-14H,6-9H2,1-2H3,(H,19,20). The highest BCUT2D eigenvalue weighted by atomic mass is 16.5. The number of hydrogen-bond acceptors (Lipinski definition) is 3. The van der Waals surface area contributed by atoms with E-state index in [9.17, 15) is 9.59 Å². The van der Waals surface area contributed by atoms with Gasteiger partial charge in [0.15, 0.2) is 0 Å². The summed E-state index contributed by atoms with van der Waals surface area (Å²) >= 11 is 0. The summed E-state index contributed by atoms with van der Waals surface area (Å²) in [6.45, 7) is 2.84. The van der Waals surface area contributed by atoms with Crippen molar-refractivity contribution in [1.82, 2.24) is 4.90 Å². The number of aryl methyl sites for hydroxylation is 1. The third-order valence-electron chi connectivity index (χ3n) is 3.97. The highest BCUT2D eigenvalue weighted by Gasteiger charge is 2.42. The molecule has 1 aliphatic rings. The van der Waals surface area contributed by atoms with E-state index in [4.69, 9.17) is 9.84 Å². The Balaban J connectivity index is 1.78.